The van der Waals surface area contributed by atoms with Crippen molar-refractivity contribution >= 4 is 51.8 Å². The molecule has 4 nitrogen and oxygen atoms in total. The molecule has 0 aliphatic heterocycles. The molecule has 1 amide bonds. The number of hydrogen-bond donors (Lipinski definition) is 1. The maximum absolute atomic E-state index is 11.3. The molecule has 17 heavy (non-hydrogen) atoms. The van der Waals surface area contributed by atoms with Crippen molar-refractivity contribution in [3.8, 4) is 9.85 Å². The number of carbonyl (C=O) groups is 2. The highest BCUT2D eigenvalue weighted by Crippen LogP contribution is 2.13. The van der Waals surface area contributed by atoms with E-state index in [1.165, 1.54) is 0 Å². The number of nitrogens with one attached hydrogen (secondary N) is 1. The zero-order valence-corrected chi connectivity index (χ0v) is 11.4. The fourth-order valence-corrected chi connectivity index (χ4v) is 1.19. The molecular formula is C11H7ClINO3. The quantitative estimate of drug-likeness (QED) is 0.379. The Morgan fingerprint density at radius 2 is 2.00 bits per heavy atom. The van der Waals surface area contributed by atoms with Gasteiger partial charge in [0.15, 0.2) is 6.61 Å². The van der Waals surface area contributed by atoms with Crippen LogP contribution in [0.2, 0.25) is 5.02 Å². The lowest BCUT2D eigenvalue weighted by molar-refractivity contribution is -0.151. The van der Waals surface area contributed by atoms with E-state index in [1.54, 1.807) is 24.3 Å². The average molecular weight is 364 g/mol. The number of carbonyl (C=O) groups excluding carboxylic acids is 2. The van der Waals surface area contributed by atoms with E-state index in [0.29, 0.717) is 10.7 Å². The lowest BCUT2D eigenvalue weighted by atomic mass is 10.3. The Kier molecular flexibility index (Phi) is 5.80. The van der Waals surface area contributed by atoms with E-state index in [1.807, 2.05) is 22.6 Å². The normalized spacial score (nSPS) is 8.82. The highest BCUT2D eigenvalue weighted by Gasteiger charge is 2.14. The molecule has 0 saturated heterocycles. The van der Waals surface area contributed by atoms with Gasteiger partial charge in [0.2, 0.25) is 0 Å². The molecule has 1 aromatic rings. The van der Waals surface area contributed by atoms with Gasteiger partial charge in [-0.05, 0) is 28.2 Å². The van der Waals surface area contributed by atoms with Gasteiger partial charge in [-0.25, -0.2) is 4.79 Å². The molecule has 0 aliphatic rings. The minimum Gasteiger partial charge on any atom is -0.445 e. The third kappa shape index (κ3) is 5.06. The third-order valence-electron chi connectivity index (χ3n) is 1.63. The summed E-state index contributed by atoms with van der Waals surface area (Å²) in [5, 5.41) is 2.92. The molecule has 0 fully saturated rings. The molecule has 88 valence electrons. The van der Waals surface area contributed by atoms with Crippen LogP contribution in [0.15, 0.2) is 24.3 Å². The Balaban J connectivity index is 2.50. The molecule has 0 saturated carbocycles. The molecule has 0 aliphatic carbocycles. The van der Waals surface area contributed by atoms with E-state index in [4.69, 9.17) is 11.6 Å². The Labute approximate surface area is 117 Å². The summed E-state index contributed by atoms with van der Waals surface area (Å²) in [6, 6.07) is 6.37. The second-order valence-electron chi connectivity index (χ2n) is 2.81. The van der Waals surface area contributed by atoms with Crippen molar-refractivity contribution in [1.29, 1.82) is 0 Å². The first-order valence-electron chi connectivity index (χ1n) is 4.45. The lowest BCUT2D eigenvalue weighted by Crippen LogP contribution is -2.25. The molecule has 1 N–H and O–H groups in total. The predicted octanol–water partition coefficient (Wildman–Crippen LogP) is 2.22. The molecule has 0 heterocycles. The van der Waals surface area contributed by atoms with Gasteiger partial charge in [0.1, 0.15) is 0 Å². The average Bonchev–Trinajstić information content (AvgIpc) is 2.32. The van der Waals surface area contributed by atoms with Crippen LogP contribution < -0.4 is 5.32 Å². The van der Waals surface area contributed by atoms with Crippen LogP contribution in [-0.4, -0.2) is 18.5 Å². The van der Waals surface area contributed by atoms with Gasteiger partial charge < -0.3 is 10.1 Å². The minimum atomic E-state index is -0.973. The standard InChI is InChI=1S/C11H7ClINO3/c12-8-2-4-9(5-3-8)14-10(15)11(16)17-7-1-6-13/h2-5H,7H2,(H,14,15). The van der Waals surface area contributed by atoms with Crippen LogP contribution in [0, 0.1) is 9.85 Å². The van der Waals surface area contributed by atoms with Crippen molar-refractivity contribution in [1.82, 2.24) is 0 Å². The molecule has 0 unspecified atom stereocenters. The Hall–Kier alpha value is -1.26. The van der Waals surface area contributed by atoms with Gasteiger partial charge in [-0.15, -0.1) is 0 Å². The van der Waals surface area contributed by atoms with E-state index >= 15 is 0 Å². The molecule has 0 atom stereocenters. The summed E-state index contributed by atoms with van der Waals surface area (Å²) < 4.78 is 7.10. The van der Waals surface area contributed by atoms with Crippen LogP contribution in [0.3, 0.4) is 0 Å². The van der Waals surface area contributed by atoms with Crippen molar-refractivity contribution in [3.63, 3.8) is 0 Å². The molecule has 6 heteroatoms. The van der Waals surface area contributed by atoms with Crippen LogP contribution in [0.4, 0.5) is 5.69 Å². The smallest absolute Gasteiger partial charge is 0.398 e. The van der Waals surface area contributed by atoms with E-state index in [-0.39, 0.29) is 6.61 Å². The monoisotopic (exact) mass is 363 g/mol. The lowest BCUT2D eigenvalue weighted by Gasteiger charge is -2.03. The largest absolute Gasteiger partial charge is 0.445 e. The van der Waals surface area contributed by atoms with Gasteiger partial charge in [-0.2, -0.15) is 0 Å². The fraction of sp³-hybridized carbons (Fsp3) is 0.0909. The fourth-order valence-electron chi connectivity index (χ4n) is 0.910. The first kappa shape index (κ1) is 13.8. The summed E-state index contributed by atoms with van der Waals surface area (Å²) >= 11 is 7.48. The molecule has 0 bridgehead atoms. The van der Waals surface area contributed by atoms with Gasteiger partial charge >= 0.3 is 11.9 Å². The number of amides is 1. The van der Waals surface area contributed by atoms with Gasteiger partial charge in [0.05, 0.1) is 0 Å². The summed E-state index contributed by atoms with van der Waals surface area (Å²) in [6.07, 6.45) is 0. The summed E-state index contributed by atoms with van der Waals surface area (Å²) in [4.78, 5) is 22.5. The van der Waals surface area contributed by atoms with Crippen molar-refractivity contribution in [2.75, 3.05) is 11.9 Å². The number of anilines is 1. The minimum absolute atomic E-state index is 0.101. The topological polar surface area (TPSA) is 55.4 Å². The van der Waals surface area contributed by atoms with Crippen LogP contribution in [0.5, 0.6) is 0 Å². The van der Waals surface area contributed by atoms with E-state index < -0.39 is 11.9 Å². The van der Waals surface area contributed by atoms with Crippen molar-refractivity contribution in [2.45, 2.75) is 0 Å². The third-order valence-corrected chi connectivity index (χ3v) is 2.26. The first-order chi connectivity index (χ1) is 8.13. The van der Waals surface area contributed by atoms with Crippen molar-refractivity contribution in [2.24, 2.45) is 0 Å². The number of benzene rings is 1. The van der Waals surface area contributed by atoms with Crippen LogP contribution in [0.25, 0.3) is 0 Å². The van der Waals surface area contributed by atoms with Crippen LogP contribution >= 0.6 is 34.2 Å². The van der Waals surface area contributed by atoms with Gasteiger partial charge in [0, 0.05) is 33.3 Å². The maximum Gasteiger partial charge on any atom is 0.398 e. The zero-order valence-electron chi connectivity index (χ0n) is 8.50. The van der Waals surface area contributed by atoms with Crippen LogP contribution in [-0.2, 0) is 14.3 Å². The van der Waals surface area contributed by atoms with Gasteiger partial charge in [-0.1, -0.05) is 17.5 Å². The number of rotatable bonds is 2. The summed E-state index contributed by atoms with van der Waals surface area (Å²) in [5.41, 5.74) is 0.469. The van der Waals surface area contributed by atoms with E-state index in [9.17, 15) is 9.59 Å². The molecular weight excluding hydrogens is 356 g/mol. The Morgan fingerprint density at radius 3 is 2.59 bits per heavy atom. The zero-order chi connectivity index (χ0) is 12.7. The van der Waals surface area contributed by atoms with E-state index in [0.717, 1.165) is 0 Å². The maximum atomic E-state index is 11.3. The number of halogens is 2. The predicted molar refractivity (Wildman–Crippen MR) is 72.8 cm³/mol. The second-order valence-corrected chi connectivity index (χ2v) is 3.78. The SMILES string of the molecule is O=C(Nc1ccc(Cl)cc1)C(=O)OCC#CI. The summed E-state index contributed by atoms with van der Waals surface area (Å²) in [7, 11) is 0. The van der Waals surface area contributed by atoms with Gasteiger partial charge in [0.25, 0.3) is 0 Å². The Morgan fingerprint density at radius 1 is 1.35 bits per heavy atom. The molecule has 0 radical (unpaired) electrons. The number of ether oxygens (including phenoxy) is 1. The highest BCUT2D eigenvalue weighted by molar-refractivity contribution is 14.1. The Bertz CT molecular complexity index is 476. The van der Waals surface area contributed by atoms with Crippen molar-refractivity contribution in [3.05, 3.63) is 29.3 Å². The molecule has 0 aromatic heterocycles. The summed E-state index contributed by atoms with van der Waals surface area (Å²) in [6.45, 7) is -0.101. The molecule has 0 spiro atoms. The number of hydrogen-bond acceptors (Lipinski definition) is 3. The van der Waals surface area contributed by atoms with Gasteiger partial charge in [-0.3, -0.25) is 4.79 Å². The summed E-state index contributed by atoms with van der Waals surface area (Å²) in [5.74, 6) is 0.684. The van der Waals surface area contributed by atoms with Crippen LogP contribution in [0.1, 0.15) is 0 Å². The van der Waals surface area contributed by atoms with E-state index in [2.05, 4.69) is 19.9 Å². The highest BCUT2D eigenvalue weighted by atomic mass is 127. The number of esters is 1. The molecule has 1 rings (SSSR count). The second kappa shape index (κ2) is 7.14. The molecule has 1 aromatic carbocycles. The first-order valence-corrected chi connectivity index (χ1v) is 5.91. The van der Waals surface area contributed by atoms with Crippen molar-refractivity contribution < 1.29 is 14.3 Å².